The van der Waals surface area contributed by atoms with Crippen molar-refractivity contribution in [3.8, 4) is 22.8 Å². The molecule has 0 aliphatic rings. The largest absolute Gasteiger partial charge is 0.309 e. The molecule has 53 heavy (non-hydrogen) atoms. The summed E-state index contributed by atoms with van der Waals surface area (Å²) in [6.45, 7) is 6.85. The molecular weight excluding hydrogens is 665 g/mol. The third kappa shape index (κ3) is 4.54. The van der Waals surface area contributed by atoms with Gasteiger partial charge in [0.1, 0.15) is 5.69 Å². The van der Waals surface area contributed by atoms with E-state index in [2.05, 4.69) is 169 Å². The third-order valence-electron chi connectivity index (χ3n) is 10.9. The summed E-state index contributed by atoms with van der Waals surface area (Å²) in [5.41, 5.74) is 10.8. The Hall–Kier alpha value is -6.30. The first kappa shape index (κ1) is 30.3. The van der Waals surface area contributed by atoms with Gasteiger partial charge in [-0.25, -0.2) is 9.97 Å². The van der Waals surface area contributed by atoms with Crippen LogP contribution in [0.1, 0.15) is 26.3 Å². The van der Waals surface area contributed by atoms with Crippen molar-refractivity contribution in [2.75, 3.05) is 0 Å². The highest BCUT2D eigenvalue weighted by molar-refractivity contribution is 7.25. The molecule has 7 aromatic carbocycles. The minimum absolute atomic E-state index is 0.0898. The first-order valence-electron chi connectivity index (χ1n) is 18.2. The Morgan fingerprint density at radius 3 is 1.83 bits per heavy atom. The van der Waals surface area contributed by atoms with Crippen LogP contribution in [-0.4, -0.2) is 19.1 Å². The summed E-state index contributed by atoms with van der Waals surface area (Å²) < 4.78 is 7.30. The lowest BCUT2D eigenvalue weighted by atomic mass is 9.87. The molecule has 0 saturated carbocycles. The van der Waals surface area contributed by atoms with Gasteiger partial charge in [0, 0.05) is 53.0 Å². The van der Waals surface area contributed by atoms with Crippen LogP contribution in [0.3, 0.4) is 0 Å². The van der Waals surface area contributed by atoms with E-state index < -0.39 is 0 Å². The van der Waals surface area contributed by atoms with E-state index in [1.165, 1.54) is 52.8 Å². The van der Waals surface area contributed by atoms with Gasteiger partial charge in [0.15, 0.2) is 5.82 Å². The van der Waals surface area contributed by atoms with Crippen LogP contribution < -0.4 is 0 Å². The molecule has 0 aliphatic carbocycles. The second-order valence-electron chi connectivity index (χ2n) is 15.1. The minimum atomic E-state index is 0.0898. The van der Waals surface area contributed by atoms with Gasteiger partial charge in [0.05, 0.1) is 33.1 Å². The standard InChI is InChI=1S/C48H34N4S/c1-48(2,3)30-22-23-34-37-27-36-33-16-8-12-20-41(33)52(43(36)28-45(37)53-44(34)26-30)47-46(49-38-17-9-10-18-39(38)50-47)29-21-24-42-35(25-29)32-15-7-11-19-40(32)51(42)31-13-5-4-6-14-31/h4-28H,1-3H3. The molecule has 0 unspecified atom stereocenters. The number of fused-ring (bicyclic) bond motifs is 10. The van der Waals surface area contributed by atoms with Gasteiger partial charge >= 0.3 is 0 Å². The van der Waals surface area contributed by atoms with Crippen LogP contribution in [-0.2, 0) is 5.41 Å². The first-order valence-corrected chi connectivity index (χ1v) is 19.0. The summed E-state index contributed by atoms with van der Waals surface area (Å²) in [4.78, 5) is 10.9. The van der Waals surface area contributed by atoms with Gasteiger partial charge in [-0.2, -0.15) is 0 Å². The number of hydrogen-bond acceptors (Lipinski definition) is 3. The second kappa shape index (κ2) is 11.1. The Morgan fingerprint density at radius 1 is 0.453 bits per heavy atom. The molecular formula is C48H34N4S. The van der Waals surface area contributed by atoms with E-state index in [9.17, 15) is 0 Å². The van der Waals surface area contributed by atoms with Crippen LogP contribution in [0.4, 0.5) is 0 Å². The summed E-state index contributed by atoms with van der Waals surface area (Å²) in [6.07, 6.45) is 0. The van der Waals surface area contributed by atoms with Crippen LogP contribution in [0.5, 0.6) is 0 Å². The smallest absolute Gasteiger partial charge is 0.165 e. The Labute approximate surface area is 310 Å². The van der Waals surface area contributed by atoms with E-state index in [0.717, 1.165) is 50.3 Å². The number of para-hydroxylation sites is 5. The van der Waals surface area contributed by atoms with Gasteiger partial charge in [0.25, 0.3) is 0 Å². The first-order chi connectivity index (χ1) is 25.9. The van der Waals surface area contributed by atoms with Gasteiger partial charge in [-0.15, -0.1) is 11.3 Å². The van der Waals surface area contributed by atoms with E-state index in [1.54, 1.807) is 0 Å². The zero-order chi connectivity index (χ0) is 35.4. The molecule has 0 spiro atoms. The number of benzene rings is 7. The van der Waals surface area contributed by atoms with Crippen molar-refractivity contribution < 1.29 is 0 Å². The normalized spacial score (nSPS) is 12.4. The highest BCUT2D eigenvalue weighted by atomic mass is 32.1. The Kier molecular flexibility index (Phi) is 6.35. The summed E-state index contributed by atoms with van der Waals surface area (Å²) in [7, 11) is 0. The summed E-state index contributed by atoms with van der Waals surface area (Å²) in [5.74, 6) is 0.830. The molecule has 11 aromatic rings. The fourth-order valence-electron chi connectivity index (χ4n) is 8.25. The molecule has 0 radical (unpaired) electrons. The van der Waals surface area contributed by atoms with Crippen molar-refractivity contribution in [3.63, 3.8) is 0 Å². The lowest BCUT2D eigenvalue weighted by molar-refractivity contribution is 0.591. The van der Waals surface area contributed by atoms with Gasteiger partial charge in [-0.3, -0.25) is 4.57 Å². The Balaban J connectivity index is 1.21. The minimum Gasteiger partial charge on any atom is -0.309 e. The average molecular weight is 699 g/mol. The van der Waals surface area contributed by atoms with Crippen LogP contribution in [0.2, 0.25) is 0 Å². The quantitative estimate of drug-likeness (QED) is 0.184. The van der Waals surface area contributed by atoms with Crippen molar-refractivity contribution in [2.24, 2.45) is 0 Å². The average Bonchev–Trinajstić information content (AvgIpc) is 3.83. The van der Waals surface area contributed by atoms with E-state index in [1.807, 2.05) is 23.5 Å². The Morgan fingerprint density at radius 2 is 1.08 bits per heavy atom. The lowest BCUT2D eigenvalue weighted by Crippen LogP contribution is -2.10. The molecule has 4 nitrogen and oxygen atoms in total. The molecule has 0 saturated heterocycles. The SMILES string of the molecule is CC(C)(C)c1ccc2c(c1)sc1cc3c(cc12)c1ccccc1n3-c1nc2ccccc2nc1-c1ccc2c(c1)c1ccccc1n2-c1ccccc1. The fraction of sp³-hybridized carbons (Fsp3) is 0.0833. The number of nitrogens with zero attached hydrogens (tertiary/aromatic N) is 4. The maximum Gasteiger partial charge on any atom is 0.165 e. The second-order valence-corrected chi connectivity index (χ2v) is 16.2. The van der Waals surface area contributed by atoms with Crippen LogP contribution in [0, 0.1) is 0 Å². The number of aromatic nitrogens is 4. The maximum atomic E-state index is 5.45. The maximum absolute atomic E-state index is 5.45. The van der Waals surface area contributed by atoms with Gasteiger partial charge in [-0.1, -0.05) is 106 Å². The van der Waals surface area contributed by atoms with Crippen molar-refractivity contribution in [2.45, 2.75) is 26.2 Å². The monoisotopic (exact) mass is 698 g/mol. The number of rotatable bonds is 3. The zero-order valence-electron chi connectivity index (χ0n) is 29.6. The molecule has 0 N–H and O–H groups in total. The van der Waals surface area contributed by atoms with E-state index in [0.29, 0.717) is 0 Å². The van der Waals surface area contributed by atoms with E-state index in [4.69, 9.17) is 9.97 Å². The number of hydrogen-bond donors (Lipinski definition) is 0. The fourth-order valence-corrected chi connectivity index (χ4v) is 9.41. The van der Waals surface area contributed by atoms with Crippen molar-refractivity contribution >= 4 is 86.2 Å². The van der Waals surface area contributed by atoms with E-state index in [-0.39, 0.29) is 5.41 Å². The molecule has 0 atom stereocenters. The molecule has 0 amide bonds. The lowest BCUT2D eigenvalue weighted by Gasteiger charge is -2.18. The van der Waals surface area contributed by atoms with Crippen molar-refractivity contribution in [3.05, 3.63) is 157 Å². The highest BCUT2D eigenvalue weighted by Gasteiger charge is 2.22. The highest BCUT2D eigenvalue weighted by Crippen LogP contribution is 2.43. The van der Waals surface area contributed by atoms with Gasteiger partial charge in [-0.05, 0) is 77.7 Å². The van der Waals surface area contributed by atoms with Crippen LogP contribution >= 0.6 is 11.3 Å². The summed E-state index contributed by atoms with van der Waals surface area (Å²) >= 11 is 1.87. The summed E-state index contributed by atoms with van der Waals surface area (Å²) in [6, 6.07) is 54.8. The van der Waals surface area contributed by atoms with E-state index >= 15 is 0 Å². The van der Waals surface area contributed by atoms with Crippen molar-refractivity contribution in [1.29, 1.82) is 0 Å². The van der Waals surface area contributed by atoms with Gasteiger partial charge < -0.3 is 4.57 Å². The molecule has 4 aromatic heterocycles. The Bertz CT molecular complexity index is 3270. The third-order valence-corrected chi connectivity index (χ3v) is 12.0. The molecule has 0 bridgehead atoms. The number of thiophene rings is 1. The molecule has 252 valence electrons. The van der Waals surface area contributed by atoms with Crippen LogP contribution in [0.25, 0.3) is 97.6 Å². The van der Waals surface area contributed by atoms with Crippen LogP contribution in [0.15, 0.2) is 152 Å². The predicted molar refractivity (Wildman–Crippen MR) is 225 cm³/mol. The van der Waals surface area contributed by atoms with Gasteiger partial charge in [0.2, 0.25) is 0 Å². The molecule has 0 aliphatic heterocycles. The molecule has 11 rings (SSSR count). The van der Waals surface area contributed by atoms with Crippen molar-refractivity contribution in [1.82, 2.24) is 19.1 Å². The molecule has 4 heterocycles. The molecule has 5 heteroatoms. The predicted octanol–water partition coefficient (Wildman–Crippen LogP) is 13.2. The zero-order valence-corrected chi connectivity index (χ0v) is 30.4. The topological polar surface area (TPSA) is 35.6 Å². The molecule has 0 fully saturated rings. The summed E-state index contributed by atoms with van der Waals surface area (Å²) in [5, 5.41) is 7.43.